The van der Waals surface area contributed by atoms with Crippen LogP contribution < -0.4 is 42.2 Å². The summed E-state index contributed by atoms with van der Waals surface area (Å²) in [5.41, 5.74) is 16.0. The van der Waals surface area contributed by atoms with Crippen molar-refractivity contribution < 1.29 is 75.2 Å². The zero-order chi connectivity index (χ0) is 80.4. The highest BCUT2D eigenvalue weighted by Crippen LogP contribution is 2.49. The third kappa shape index (κ3) is 18.6. The normalized spacial score (nSPS) is 17.9. The van der Waals surface area contributed by atoms with Gasteiger partial charge in [-0.3, -0.25) is 28.5 Å². The number of fused-ring (bicyclic) bond motifs is 7. The second kappa shape index (κ2) is 35.6. The molecule has 112 heavy (non-hydrogen) atoms. The van der Waals surface area contributed by atoms with Gasteiger partial charge in [-0.15, -0.1) is 11.8 Å². The van der Waals surface area contributed by atoms with E-state index in [4.69, 9.17) is 29.7 Å². The Bertz CT molecular complexity index is 5000. The molecule has 0 spiro atoms. The van der Waals surface area contributed by atoms with Crippen LogP contribution in [0.15, 0.2) is 148 Å². The van der Waals surface area contributed by atoms with E-state index in [1.807, 2.05) is 25.1 Å². The Morgan fingerprint density at radius 3 is 2.29 bits per heavy atom. The molecule has 5 aliphatic rings. The number of pyridine rings is 2. The van der Waals surface area contributed by atoms with Crippen LogP contribution in [0.1, 0.15) is 178 Å². The number of unbranched alkanes of at least 4 members (excludes halogenated alkanes) is 3. The van der Waals surface area contributed by atoms with Crippen molar-refractivity contribution in [2.45, 2.75) is 194 Å². The molecule has 0 fully saturated rings. The number of aliphatic hydroxyl groups is 1. The Kier molecular flexibility index (Phi) is 26.3. The van der Waals surface area contributed by atoms with E-state index in [9.17, 15) is 56.4 Å². The van der Waals surface area contributed by atoms with E-state index >= 15 is 0 Å². The number of ether oxygens (including phenoxy) is 4. The van der Waals surface area contributed by atoms with Crippen LogP contribution in [-0.2, 0) is 90.9 Å². The van der Waals surface area contributed by atoms with Crippen molar-refractivity contribution in [1.29, 1.82) is 0 Å². The van der Waals surface area contributed by atoms with Crippen molar-refractivity contribution in [1.82, 2.24) is 25.5 Å². The number of allylic oxidation sites excluding steroid dienone is 7. The smallest absolute Gasteiger partial charge is 0.469 e. The fourth-order valence-electron chi connectivity index (χ4n) is 15.8. The number of hydrogen-bond donors (Lipinski definition) is 7. The third-order valence-corrected chi connectivity index (χ3v) is 23.9. The van der Waals surface area contributed by atoms with E-state index in [0.717, 1.165) is 70.1 Å². The number of amides is 5. The molecule has 6 aromatic rings. The summed E-state index contributed by atoms with van der Waals surface area (Å²) >= 11 is 1.66. The highest BCUT2D eigenvalue weighted by Gasteiger charge is 2.47. The number of para-hydroxylation sites is 2. The van der Waals surface area contributed by atoms with Crippen LogP contribution in [0.5, 0.6) is 5.75 Å². The van der Waals surface area contributed by atoms with Gasteiger partial charge in [-0.25, -0.2) is 19.4 Å². The fraction of sp³-hybridized carbons (Fsp3) is 0.435. The quantitative estimate of drug-likeness (QED) is 0.00502. The van der Waals surface area contributed by atoms with Gasteiger partial charge in [0.2, 0.25) is 23.4 Å². The lowest BCUT2D eigenvalue weighted by atomic mass is 9.81. The molecular formula is C85H102N9O16S2+. The van der Waals surface area contributed by atoms with Crippen molar-refractivity contribution >= 4 is 97.4 Å². The maximum absolute atomic E-state index is 14.2. The number of esters is 2. The van der Waals surface area contributed by atoms with Gasteiger partial charge in [0.25, 0.3) is 15.7 Å². The average molecular weight is 1570 g/mol. The molecule has 3 atom stereocenters. The minimum atomic E-state index is -4.09. The lowest BCUT2D eigenvalue weighted by molar-refractivity contribution is -0.438. The molecular weight excluding hydrogens is 1470 g/mol. The first kappa shape index (κ1) is 82.7. The van der Waals surface area contributed by atoms with Crippen molar-refractivity contribution in [2.24, 2.45) is 11.7 Å². The summed E-state index contributed by atoms with van der Waals surface area (Å²) in [4.78, 5) is 114. The van der Waals surface area contributed by atoms with E-state index in [1.165, 1.54) is 23.8 Å². The topological polar surface area (TPSA) is 346 Å². The Hall–Kier alpha value is -10.2. The van der Waals surface area contributed by atoms with Crippen molar-refractivity contribution in [2.75, 3.05) is 48.5 Å². The number of aryl methyl sites for hydroxylation is 1. The number of rotatable bonds is 33. The molecule has 0 radical (unpaired) electrons. The number of thioether (sulfide) groups is 1. The largest absolute Gasteiger partial charge is 0.514 e. The van der Waals surface area contributed by atoms with Gasteiger partial charge in [0, 0.05) is 93.3 Å². The van der Waals surface area contributed by atoms with Crippen LogP contribution in [0.2, 0.25) is 0 Å². The molecule has 27 heteroatoms. The van der Waals surface area contributed by atoms with Gasteiger partial charge >= 0.3 is 24.1 Å². The van der Waals surface area contributed by atoms with Crippen LogP contribution in [0, 0.1) is 5.92 Å². The number of nitrogens with one attached hydrogen (secondary N) is 4. The number of carbonyl (C=O) groups excluding carboxylic acids is 7. The maximum Gasteiger partial charge on any atom is 0.514 e. The van der Waals surface area contributed by atoms with E-state index in [-0.39, 0.29) is 115 Å². The molecule has 0 unspecified atom stereocenters. The summed E-state index contributed by atoms with van der Waals surface area (Å²) in [5, 5.41) is 23.2. The van der Waals surface area contributed by atoms with Crippen LogP contribution >= 0.6 is 11.8 Å². The lowest BCUT2D eigenvalue weighted by Gasteiger charge is -2.31. The number of anilines is 2. The predicted octanol–water partition coefficient (Wildman–Crippen LogP) is 12.6. The molecule has 0 saturated carbocycles. The minimum Gasteiger partial charge on any atom is -0.469 e. The molecule has 594 valence electrons. The zero-order valence-electron chi connectivity index (χ0n) is 65.1. The summed E-state index contributed by atoms with van der Waals surface area (Å²) < 4.78 is 58.1. The van der Waals surface area contributed by atoms with Gasteiger partial charge in [0.1, 0.15) is 37.6 Å². The summed E-state index contributed by atoms with van der Waals surface area (Å²) in [7, 11) is -2.69. The summed E-state index contributed by atoms with van der Waals surface area (Å²) in [6.45, 7) is 17.3. The molecule has 5 amide bonds. The van der Waals surface area contributed by atoms with Crippen molar-refractivity contribution in [3.63, 3.8) is 0 Å². The molecule has 0 bridgehead atoms. The maximum atomic E-state index is 14.2. The average Bonchev–Trinajstić information content (AvgIpc) is 1.51. The molecule has 25 nitrogen and oxygen atoms in total. The molecule has 0 saturated heterocycles. The van der Waals surface area contributed by atoms with Crippen molar-refractivity contribution in [3.05, 3.63) is 192 Å². The number of aromatic nitrogens is 2. The molecule has 8 N–H and O–H groups in total. The molecule has 1 aliphatic carbocycles. The Labute approximate surface area is 657 Å². The number of urea groups is 1. The van der Waals surface area contributed by atoms with E-state index in [0.29, 0.717) is 84.5 Å². The van der Waals surface area contributed by atoms with Gasteiger partial charge in [-0.05, 0) is 167 Å². The number of carbonyl (C=O) groups is 7. The fourth-order valence-corrected chi connectivity index (χ4v) is 17.5. The van der Waals surface area contributed by atoms with Gasteiger partial charge in [0.15, 0.2) is 11.3 Å². The summed E-state index contributed by atoms with van der Waals surface area (Å²) in [6.07, 6.45) is 14.7. The second-order valence-electron chi connectivity index (χ2n) is 30.4. The monoisotopic (exact) mass is 1570 g/mol. The van der Waals surface area contributed by atoms with E-state index in [1.54, 1.807) is 85.6 Å². The number of methoxy groups -OCH3 is 1. The number of hydrogen-bond acceptors (Lipinski definition) is 18. The predicted molar refractivity (Wildman–Crippen MR) is 431 cm³/mol. The SMILES string of the molecule is CCc1c2c(nc3ccc(OC(=O)OCc4ccc(NC(=O)[C@H](CCCNC(N)=O)NC(=O)[C@@H](NC(=O)CCCCC[N+]5=C(/C=C/C6=C(SCCC(=O)OC)C(=C/C=C7/N(CCCCS(=O)(=O)O)c8ccccc8C7(C)C)/CCC6)C(C)(C)c6ccccc65)C(C)C)cc4)cc13)-c1cc3c(c(=O)n1C2)COC(=O)[C@]3(O)CC. The summed E-state index contributed by atoms with van der Waals surface area (Å²) in [5.74, 6) is -2.46. The Balaban J connectivity index is 0.703. The van der Waals surface area contributed by atoms with Gasteiger partial charge < -0.3 is 60.5 Å². The first-order valence-corrected chi connectivity index (χ1v) is 41.1. The van der Waals surface area contributed by atoms with Crippen LogP contribution in [-0.4, -0.2) is 130 Å². The number of nitrogens with zero attached hydrogens (tertiary/aromatic N) is 4. The number of primary amides is 1. The van der Waals surface area contributed by atoms with Gasteiger partial charge in [-0.1, -0.05) is 102 Å². The third-order valence-electron chi connectivity index (χ3n) is 21.8. The van der Waals surface area contributed by atoms with Crippen LogP contribution in [0.3, 0.4) is 0 Å². The lowest BCUT2D eigenvalue weighted by Crippen LogP contribution is -2.54. The first-order valence-electron chi connectivity index (χ1n) is 38.5. The molecule has 11 rings (SSSR count). The Morgan fingerprint density at radius 1 is 0.821 bits per heavy atom. The first-order chi connectivity index (χ1) is 53.4. The highest BCUT2D eigenvalue weighted by atomic mass is 32.2. The van der Waals surface area contributed by atoms with Gasteiger partial charge in [0.05, 0.1) is 53.7 Å². The molecule has 2 aromatic heterocycles. The molecule has 4 aromatic carbocycles. The highest BCUT2D eigenvalue weighted by molar-refractivity contribution is 8.03. The molecule has 6 heterocycles. The van der Waals surface area contributed by atoms with Gasteiger partial charge in [-0.2, -0.15) is 13.0 Å². The number of nitrogens with two attached hydrogens (primary N) is 1. The number of cyclic esters (lactones) is 1. The molecule has 4 aliphatic heterocycles. The second-order valence-corrected chi connectivity index (χ2v) is 33.1. The summed E-state index contributed by atoms with van der Waals surface area (Å²) in [6, 6.07) is 27.0. The number of benzene rings is 4. The van der Waals surface area contributed by atoms with E-state index < -0.39 is 57.8 Å². The van der Waals surface area contributed by atoms with E-state index in [2.05, 4.69) is 113 Å². The minimum absolute atomic E-state index is 0.0170. The zero-order valence-corrected chi connectivity index (χ0v) is 66.8. The van der Waals surface area contributed by atoms with Crippen LogP contribution in [0.25, 0.3) is 22.3 Å². The standard InChI is InChI=1S/C85H101N9O16S2/c1-10-58-59-47-57(37-38-65(59)89-75-60(58)49-94-69(75)48-64-61(79(94)99)51-108-80(100)85(64,103)11-2)110-82(102)109-50-53-31-35-56(36-32-53)88-77(97)66(27-22-42-87-81(86)101)90-78(98)74(52(3)4)91-72(95)30-13-12-18-43-92-67-28-16-14-25-62(67)83(5,6)70(92)39-33-54-23-21-24-55(76(54)111-45-41-73(96)107-9)34-40-71-84(7,8)63-26-15-17-29-68(63)93(71)44-19-20-46-112(104,105)106/h14-17,25-26,28-29,31-40,47-48,52,66,74,103H,10-13,18-24,27,30,41-46,49-51H2,1-9H3,(H6-,86,87,88,90,91,95,97,98,101,104,105,106)/p+1/t66-,74-,85-/m0/s1. The van der Waals surface area contributed by atoms with Crippen LogP contribution in [0.4, 0.5) is 26.7 Å². The van der Waals surface area contributed by atoms with Crippen molar-refractivity contribution in [3.8, 4) is 17.1 Å². The Morgan fingerprint density at radius 2 is 1.57 bits per heavy atom.